The lowest BCUT2D eigenvalue weighted by Gasteiger charge is -2.08. The van der Waals surface area contributed by atoms with E-state index in [9.17, 15) is 9.59 Å². The van der Waals surface area contributed by atoms with Crippen LogP contribution in [-0.4, -0.2) is 26.1 Å². The van der Waals surface area contributed by atoms with Crippen molar-refractivity contribution in [2.45, 2.75) is 33.4 Å². The molecule has 0 saturated carbocycles. The number of hydrogen-bond acceptors (Lipinski definition) is 3. The number of fused-ring (bicyclic) bond motifs is 1. The van der Waals surface area contributed by atoms with Gasteiger partial charge in [0.15, 0.2) is 5.65 Å². The normalized spacial score (nSPS) is 11.2. The highest BCUT2D eigenvalue weighted by atomic mass is 16.2. The standard InChI is InChI=1S/C18H20N4O2/c1-12(2)20-16(23)11-21-15-5-4-10-19-17(15)22(18(21)24)14-8-6-13(3)7-9-14/h4-10,12H,11H2,1-3H3,(H,20,23). The molecule has 0 unspecified atom stereocenters. The van der Waals surface area contributed by atoms with Crippen LogP contribution in [0.25, 0.3) is 16.9 Å². The Bertz CT molecular complexity index is 936. The number of carbonyl (C=O) groups excluding carboxylic acids is 1. The number of aryl methyl sites for hydroxylation is 1. The van der Waals surface area contributed by atoms with Gasteiger partial charge >= 0.3 is 5.69 Å². The Balaban J connectivity index is 2.14. The number of carbonyl (C=O) groups is 1. The van der Waals surface area contributed by atoms with Crippen molar-refractivity contribution in [1.29, 1.82) is 0 Å². The van der Waals surface area contributed by atoms with Crippen LogP contribution < -0.4 is 11.0 Å². The van der Waals surface area contributed by atoms with Crippen LogP contribution in [0.3, 0.4) is 0 Å². The Morgan fingerprint density at radius 3 is 2.58 bits per heavy atom. The first-order valence-corrected chi connectivity index (χ1v) is 7.90. The van der Waals surface area contributed by atoms with Crippen LogP contribution in [0.2, 0.25) is 0 Å². The van der Waals surface area contributed by atoms with Gasteiger partial charge in [-0.25, -0.2) is 14.3 Å². The van der Waals surface area contributed by atoms with Crippen LogP contribution in [0.1, 0.15) is 19.4 Å². The molecule has 2 aromatic heterocycles. The topological polar surface area (TPSA) is 68.9 Å². The van der Waals surface area contributed by atoms with Crippen molar-refractivity contribution in [3.05, 3.63) is 58.6 Å². The molecule has 0 aliphatic rings. The molecule has 124 valence electrons. The SMILES string of the molecule is Cc1ccc(-n2c(=O)n(CC(=O)NC(C)C)c3cccnc32)cc1. The van der Waals surface area contributed by atoms with Crippen molar-refractivity contribution >= 4 is 17.1 Å². The monoisotopic (exact) mass is 324 g/mol. The van der Waals surface area contributed by atoms with E-state index in [2.05, 4.69) is 10.3 Å². The quantitative estimate of drug-likeness (QED) is 0.798. The van der Waals surface area contributed by atoms with Crippen LogP contribution in [-0.2, 0) is 11.3 Å². The molecule has 0 atom stereocenters. The Labute approximate surface area is 139 Å². The summed E-state index contributed by atoms with van der Waals surface area (Å²) >= 11 is 0. The minimum atomic E-state index is -0.272. The fourth-order valence-corrected chi connectivity index (χ4v) is 2.68. The van der Waals surface area contributed by atoms with Gasteiger partial charge in [-0.15, -0.1) is 0 Å². The first-order valence-electron chi connectivity index (χ1n) is 7.90. The van der Waals surface area contributed by atoms with Gasteiger partial charge in [0, 0.05) is 12.2 Å². The number of amides is 1. The van der Waals surface area contributed by atoms with E-state index in [1.807, 2.05) is 45.0 Å². The highest BCUT2D eigenvalue weighted by Crippen LogP contribution is 2.16. The lowest BCUT2D eigenvalue weighted by molar-refractivity contribution is -0.122. The van der Waals surface area contributed by atoms with Gasteiger partial charge in [0.25, 0.3) is 0 Å². The first kappa shape index (κ1) is 16.0. The second-order valence-corrected chi connectivity index (χ2v) is 6.11. The maximum Gasteiger partial charge on any atom is 0.335 e. The summed E-state index contributed by atoms with van der Waals surface area (Å²) in [6, 6.07) is 11.2. The molecule has 3 aromatic rings. The number of pyridine rings is 1. The average Bonchev–Trinajstić information content (AvgIpc) is 2.80. The van der Waals surface area contributed by atoms with Crippen molar-refractivity contribution in [3.63, 3.8) is 0 Å². The lowest BCUT2D eigenvalue weighted by Crippen LogP contribution is -2.36. The van der Waals surface area contributed by atoms with E-state index >= 15 is 0 Å². The molecular weight excluding hydrogens is 304 g/mol. The Kier molecular flexibility index (Phi) is 4.20. The molecule has 0 radical (unpaired) electrons. The Hall–Kier alpha value is -2.89. The van der Waals surface area contributed by atoms with E-state index in [4.69, 9.17) is 0 Å². The highest BCUT2D eigenvalue weighted by Gasteiger charge is 2.17. The molecule has 6 heteroatoms. The first-order chi connectivity index (χ1) is 11.5. The van der Waals surface area contributed by atoms with E-state index < -0.39 is 0 Å². The largest absolute Gasteiger partial charge is 0.352 e. The van der Waals surface area contributed by atoms with Gasteiger partial charge < -0.3 is 5.32 Å². The average molecular weight is 324 g/mol. The zero-order valence-electron chi connectivity index (χ0n) is 14.0. The molecule has 0 aliphatic heterocycles. The summed E-state index contributed by atoms with van der Waals surface area (Å²) < 4.78 is 3.00. The van der Waals surface area contributed by atoms with E-state index in [0.29, 0.717) is 11.2 Å². The van der Waals surface area contributed by atoms with Gasteiger partial charge in [-0.05, 0) is 45.0 Å². The molecule has 0 fully saturated rings. The fraction of sp³-hybridized carbons (Fsp3) is 0.278. The molecule has 6 nitrogen and oxygen atoms in total. The number of nitrogens with zero attached hydrogens (tertiary/aromatic N) is 3. The number of hydrogen-bond donors (Lipinski definition) is 1. The van der Waals surface area contributed by atoms with Crippen LogP contribution >= 0.6 is 0 Å². The number of rotatable bonds is 4. The van der Waals surface area contributed by atoms with E-state index in [0.717, 1.165) is 11.3 Å². The molecule has 1 aromatic carbocycles. The minimum Gasteiger partial charge on any atom is -0.352 e. The molecule has 0 aliphatic carbocycles. The number of imidazole rings is 1. The molecule has 0 spiro atoms. The maximum absolute atomic E-state index is 12.9. The molecule has 24 heavy (non-hydrogen) atoms. The van der Waals surface area contributed by atoms with Gasteiger partial charge in [-0.3, -0.25) is 9.36 Å². The van der Waals surface area contributed by atoms with Gasteiger partial charge in [0.2, 0.25) is 5.91 Å². The van der Waals surface area contributed by atoms with E-state index in [-0.39, 0.29) is 24.2 Å². The molecule has 1 N–H and O–H groups in total. The second-order valence-electron chi connectivity index (χ2n) is 6.11. The minimum absolute atomic E-state index is 0.0248. The van der Waals surface area contributed by atoms with Crippen LogP contribution in [0.15, 0.2) is 47.4 Å². The molecule has 0 saturated heterocycles. The summed E-state index contributed by atoms with van der Waals surface area (Å²) in [6.45, 7) is 5.73. The summed E-state index contributed by atoms with van der Waals surface area (Å²) in [5, 5.41) is 2.81. The van der Waals surface area contributed by atoms with Gasteiger partial charge in [-0.1, -0.05) is 17.7 Å². The predicted octanol–water partition coefficient (Wildman–Crippen LogP) is 2.02. The lowest BCUT2D eigenvalue weighted by atomic mass is 10.2. The maximum atomic E-state index is 12.9. The molecular formula is C18H20N4O2. The van der Waals surface area contributed by atoms with Crippen molar-refractivity contribution in [2.75, 3.05) is 0 Å². The molecule has 3 rings (SSSR count). The van der Waals surface area contributed by atoms with Gasteiger partial charge in [0.05, 0.1) is 11.2 Å². The van der Waals surface area contributed by atoms with Crippen molar-refractivity contribution in [1.82, 2.24) is 19.4 Å². The summed E-state index contributed by atoms with van der Waals surface area (Å²) in [5.41, 5.74) is 2.76. The van der Waals surface area contributed by atoms with Crippen molar-refractivity contribution < 1.29 is 4.79 Å². The summed E-state index contributed by atoms with van der Waals surface area (Å²) in [6.07, 6.45) is 1.64. The summed E-state index contributed by atoms with van der Waals surface area (Å²) in [5.74, 6) is -0.195. The predicted molar refractivity (Wildman–Crippen MR) is 93.3 cm³/mol. The number of aromatic nitrogens is 3. The molecule has 1 amide bonds. The van der Waals surface area contributed by atoms with E-state index in [1.165, 1.54) is 9.13 Å². The molecule has 2 heterocycles. The fourth-order valence-electron chi connectivity index (χ4n) is 2.68. The zero-order chi connectivity index (χ0) is 17.3. The smallest absolute Gasteiger partial charge is 0.335 e. The second kappa shape index (κ2) is 6.31. The summed E-state index contributed by atoms with van der Waals surface area (Å²) in [7, 11) is 0. The van der Waals surface area contributed by atoms with Crippen LogP contribution in [0.5, 0.6) is 0 Å². The third-order valence-electron chi connectivity index (χ3n) is 3.73. The number of benzene rings is 1. The summed E-state index contributed by atoms with van der Waals surface area (Å²) in [4.78, 5) is 29.3. The molecule has 0 bridgehead atoms. The van der Waals surface area contributed by atoms with Crippen molar-refractivity contribution in [3.8, 4) is 5.69 Å². The number of nitrogens with one attached hydrogen (secondary N) is 1. The highest BCUT2D eigenvalue weighted by molar-refractivity contribution is 5.80. The zero-order valence-corrected chi connectivity index (χ0v) is 14.0. The Morgan fingerprint density at radius 2 is 1.92 bits per heavy atom. The third-order valence-corrected chi connectivity index (χ3v) is 3.73. The van der Waals surface area contributed by atoms with Crippen molar-refractivity contribution in [2.24, 2.45) is 0 Å². The third kappa shape index (κ3) is 2.95. The van der Waals surface area contributed by atoms with Gasteiger partial charge in [0.1, 0.15) is 6.54 Å². The Morgan fingerprint density at radius 1 is 1.21 bits per heavy atom. The van der Waals surface area contributed by atoms with Crippen LogP contribution in [0, 0.1) is 6.92 Å². The van der Waals surface area contributed by atoms with Gasteiger partial charge in [-0.2, -0.15) is 0 Å². The van der Waals surface area contributed by atoms with Crippen LogP contribution in [0.4, 0.5) is 0 Å². The van der Waals surface area contributed by atoms with E-state index in [1.54, 1.807) is 18.3 Å².